The lowest BCUT2D eigenvalue weighted by molar-refractivity contribution is 0.340. The van der Waals surface area contributed by atoms with Gasteiger partial charge >= 0.3 is 0 Å². The molecule has 0 radical (unpaired) electrons. The average molecular weight is 340 g/mol. The van der Waals surface area contributed by atoms with E-state index in [1.54, 1.807) is 22.0 Å². The third-order valence-corrected chi connectivity index (χ3v) is 4.94. The fourth-order valence-corrected chi connectivity index (χ4v) is 3.95. The topological polar surface area (TPSA) is 44.1 Å². The Bertz CT molecular complexity index is 952. The summed E-state index contributed by atoms with van der Waals surface area (Å²) in [6.45, 7) is 10.7. The number of benzene rings is 1. The van der Waals surface area contributed by atoms with Gasteiger partial charge in [0.2, 0.25) is 0 Å². The van der Waals surface area contributed by atoms with Crippen molar-refractivity contribution in [2.75, 3.05) is 6.61 Å². The molecule has 124 valence electrons. The Labute approximate surface area is 145 Å². The normalized spacial score (nSPS) is 11.0. The van der Waals surface area contributed by atoms with E-state index in [2.05, 4.69) is 11.6 Å². The van der Waals surface area contributed by atoms with E-state index in [0.29, 0.717) is 24.4 Å². The van der Waals surface area contributed by atoms with Crippen molar-refractivity contribution in [1.29, 1.82) is 0 Å². The van der Waals surface area contributed by atoms with E-state index in [9.17, 15) is 4.79 Å². The molecule has 0 aliphatic rings. The van der Waals surface area contributed by atoms with Crippen LogP contribution in [0.5, 0.6) is 5.75 Å². The second-order valence-corrected chi connectivity index (χ2v) is 6.74. The molecule has 0 fully saturated rings. The van der Waals surface area contributed by atoms with Gasteiger partial charge in [-0.2, -0.15) is 0 Å². The molecule has 0 saturated heterocycles. The van der Waals surface area contributed by atoms with Crippen LogP contribution in [0.4, 0.5) is 0 Å². The number of hydrogen-bond acceptors (Lipinski definition) is 4. The van der Waals surface area contributed by atoms with E-state index in [4.69, 9.17) is 4.74 Å². The molecule has 4 nitrogen and oxygen atoms in total. The van der Waals surface area contributed by atoms with Crippen LogP contribution in [0, 0.1) is 13.8 Å². The van der Waals surface area contributed by atoms with Crippen molar-refractivity contribution in [2.45, 2.75) is 27.3 Å². The van der Waals surface area contributed by atoms with E-state index >= 15 is 0 Å². The highest BCUT2D eigenvalue weighted by molar-refractivity contribution is 7.19. The number of fused-ring (bicyclic) bond motifs is 1. The quantitative estimate of drug-likeness (QED) is 0.650. The lowest BCUT2D eigenvalue weighted by atomic mass is 10.0. The number of ether oxygens (including phenoxy) is 1. The van der Waals surface area contributed by atoms with Crippen LogP contribution in [0.15, 0.2) is 41.7 Å². The molecular formula is C19H20N2O2S. The third kappa shape index (κ3) is 2.76. The largest absolute Gasteiger partial charge is 0.494 e. The van der Waals surface area contributed by atoms with Gasteiger partial charge in [-0.25, -0.2) is 4.98 Å². The number of thiophene rings is 1. The first kappa shape index (κ1) is 16.5. The van der Waals surface area contributed by atoms with Crippen LogP contribution in [0.1, 0.15) is 17.6 Å². The molecule has 0 aliphatic carbocycles. The number of nitrogens with zero attached hydrogens (tertiary/aromatic N) is 2. The van der Waals surface area contributed by atoms with E-state index < -0.39 is 0 Å². The lowest BCUT2D eigenvalue weighted by Gasteiger charge is -2.08. The van der Waals surface area contributed by atoms with Gasteiger partial charge in [-0.1, -0.05) is 18.2 Å². The summed E-state index contributed by atoms with van der Waals surface area (Å²) in [5.74, 6) is 1.54. The standard InChI is InChI=1S/C19H20N2O2S/c1-5-11-21-13(4)20-18-17(19(21)22)16(12(3)24-18)14-7-9-15(10-8-14)23-6-2/h5,7-10H,1,6,11H2,2-4H3. The molecule has 3 aromatic rings. The van der Waals surface area contributed by atoms with Gasteiger partial charge in [0.15, 0.2) is 0 Å². The second kappa shape index (κ2) is 6.61. The van der Waals surface area contributed by atoms with Crippen LogP contribution >= 0.6 is 11.3 Å². The molecule has 2 heterocycles. The Morgan fingerprint density at radius 2 is 2.00 bits per heavy atom. The summed E-state index contributed by atoms with van der Waals surface area (Å²) in [6, 6.07) is 7.87. The van der Waals surface area contributed by atoms with E-state index in [-0.39, 0.29) is 5.56 Å². The van der Waals surface area contributed by atoms with Crippen LogP contribution in [-0.2, 0) is 6.54 Å². The maximum Gasteiger partial charge on any atom is 0.263 e. The van der Waals surface area contributed by atoms with E-state index in [0.717, 1.165) is 26.6 Å². The summed E-state index contributed by atoms with van der Waals surface area (Å²) < 4.78 is 7.17. The molecule has 2 aromatic heterocycles. The predicted octanol–water partition coefficient (Wildman–Crippen LogP) is 4.33. The third-order valence-electron chi connectivity index (χ3n) is 3.94. The Hall–Kier alpha value is -2.40. The summed E-state index contributed by atoms with van der Waals surface area (Å²) >= 11 is 1.56. The molecule has 0 spiro atoms. The number of hydrogen-bond donors (Lipinski definition) is 0. The number of rotatable bonds is 5. The van der Waals surface area contributed by atoms with Crippen LogP contribution in [0.25, 0.3) is 21.3 Å². The van der Waals surface area contributed by atoms with Crippen LogP contribution in [0.2, 0.25) is 0 Å². The smallest absolute Gasteiger partial charge is 0.263 e. The molecule has 0 N–H and O–H groups in total. The van der Waals surface area contributed by atoms with E-state index in [1.165, 1.54) is 0 Å². The molecule has 5 heteroatoms. The minimum atomic E-state index is -0.00867. The Morgan fingerprint density at radius 3 is 2.62 bits per heavy atom. The number of aromatic nitrogens is 2. The van der Waals surface area contributed by atoms with Gasteiger partial charge in [-0.3, -0.25) is 9.36 Å². The monoisotopic (exact) mass is 340 g/mol. The molecule has 0 saturated carbocycles. The zero-order chi connectivity index (χ0) is 17.3. The molecule has 0 bridgehead atoms. The highest BCUT2D eigenvalue weighted by Gasteiger charge is 2.18. The predicted molar refractivity (Wildman–Crippen MR) is 100 cm³/mol. The van der Waals surface area contributed by atoms with Crippen molar-refractivity contribution in [3.8, 4) is 16.9 Å². The Balaban J connectivity index is 2.24. The lowest BCUT2D eigenvalue weighted by Crippen LogP contribution is -2.23. The summed E-state index contributed by atoms with van der Waals surface area (Å²) in [6.07, 6.45) is 1.72. The summed E-state index contributed by atoms with van der Waals surface area (Å²) in [7, 11) is 0. The molecule has 0 unspecified atom stereocenters. The average Bonchev–Trinajstić information content (AvgIpc) is 2.88. The molecule has 0 atom stereocenters. The van der Waals surface area contributed by atoms with Crippen LogP contribution in [0.3, 0.4) is 0 Å². The molecule has 24 heavy (non-hydrogen) atoms. The van der Waals surface area contributed by atoms with Crippen molar-refractivity contribution < 1.29 is 4.74 Å². The minimum absolute atomic E-state index is 0.00867. The fourth-order valence-electron chi connectivity index (χ4n) is 2.87. The van der Waals surface area contributed by atoms with Gasteiger partial charge < -0.3 is 4.74 Å². The Kier molecular flexibility index (Phi) is 4.53. The maximum atomic E-state index is 13.0. The van der Waals surface area contributed by atoms with Crippen molar-refractivity contribution in [1.82, 2.24) is 9.55 Å². The van der Waals surface area contributed by atoms with Crippen molar-refractivity contribution in [2.24, 2.45) is 0 Å². The maximum absolute atomic E-state index is 13.0. The summed E-state index contributed by atoms with van der Waals surface area (Å²) in [4.78, 5) is 19.5. The summed E-state index contributed by atoms with van der Waals surface area (Å²) in [5, 5.41) is 0.689. The zero-order valence-electron chi connectivity index (χ0n) is 14.1. The van der Waals surface area contributed by atoms with Gasteiger partial charge in [-0.05, 0) is 38.5 Å². The van der Waals surface area contributed by atoms with Crippen LogP contribution in [-0.4, -0.2) is 16.2 Å². The highest BCUT2D eigenvalue weighted by Crippen LogP contribution is 2.36. The van der Waals surface area contributed by atoms with Crippen molar-refractivity contribution in [3.63, 3.8) is 0 Å². The van der Waals surface area contributed by atoms with Gasteiger partial charge in [0.1, 0.15) is 16.4 Å². The molecule has 3 rings (SSSR count). The number of aryl methyl sites for hydroxylation is 2. The number of allylic oxidation sites excluding steroid dienone is 1. The summed E-state index contributed by atoms with van der Waals surface area (Å²) in [5.41, 5.74) is 1.97. The SMILES string of the molecule is C=CCn1c(C)nc2sc(C)c(-c3ccc(OCC)cc3)c2c1=O. The first-order valence-corrected chi connectivity index (χ1v) is 8.73. The van der Waals surface area contributed by atoms with Gasteiger partial charge in [0.05, 0.1) is 12.0 Å². The first-order chi connectivity index (χ1) is 11.6. The first-order valence-electron chi connectivity index (χ1n) is 7.91. The van der Waals surface area contributed by atoms with Gasteiger partial charge in [0, 0.05) is 17.0 Å². The van der Waals surface area contributed by atoms with Gasteiger partial charge in [-0.15, -0.1) is 17.9 Å². The van der Waals surface area contributed by atoms with Crippen molar-refractivity contribution in [3.05, 3.63) is 58.0 Å². The molecule has 1 aromatic carbocycles. The highest BCUT2D eigenvalue weighted by atomic mass is 32.1. The van der Waals surface area contributed by atoms with Crippen molar-refractivity contribution >= 4 is 21.6 Å². The molecule has 0 aliphatic heterocycles. The van der Waals surface area contributed by atoms with E-state index in [1.807, 2.05) is 45.0 Å². The van der Waals surface area contributed by atoms with Gasteiger partial charge in [0.25, 0.3) is 5.56 Å². The second-order valence-electron chi connectivity index (χ2n) is 5.53. The zero-order valence-corrected chi connectivity index (χ0v) is 14.9. The molecular weight excluding hydrogens is 320 g/mol. The fraction of sp³-hybridized carbons (Fsp3) is 0.263. The van der Waals surface area contributed by atoms with Crippen LogP contribution < -0.4 is 10.3 Å². The Morgan fingerprint density at radius 1 is 1.29 bits per heavy atom. The molecule has 0 amide bonds. The minimum Gasteiger partial charge on any atom is -0.494 e.